The second kappa shape index (κ2) is 6.66. The summed E-state index contributed by atoms with van der Waals surface area (Å²) in [6.07, 6.45) is 10.00. The highest BCUT2D eigenvalue weighted by molar-refractivity contribution is 5.48. The lowest BCUT2D eigenvalue weighted by Crippen LogP contribution is -2.42. The SMILES string of the molecule is O=CN[C@](O)(CCC1CCCCC1)c1ccccn1. The summed E-state index contributed by atoms with van der Waals surface area (Å²) in [6, 6.07) is 5.36. The van der Waals surface area contributed by atoms with Crippen molar-refractivity contribution in [1.29, 1.82) is 0 Å². The Kier molecular flexibility index (Phi) is 4.91. The van der Waals surface area contributed by atoms with Crippen molar-refractivity contribution < 1.29 is 9.90 Å². The number of hydrogen-bond acceptors (Lipinski definition) is 3. The molecular formula is C15H22N2O2. The van der Waals surface area contributed by atoms with Crippen molar-refractivity contribution in [2.24, 2.45) is 5.92 Å². The summed E-state index contributed by atoms with van der Waals surface area (Å²) < 4.78 is 0. The van der Waals surface area contributed by atoms with Crippen molar-refractivity contribution in [3.63, 3.8) is 0 Å². The van der Waals surface area contributed by atoms with E-state index >= 15 is 0 Å². The minimum absolute atomic E-state index is 0.512. The third-order valence-electron chi connectivity index (χ3n) is 4.03. The zero-order chi connectivity index (χ0) is 13.6. The van der Waals surface area contributed by atoms with Crippen LogP contribution in [0.1, 0.15) is 50.6 Å². The van der Waals surface area contributed by atoms with Crippen LogP contribution in [0.4, 0.5) is 0 Å². The number of pyridine rings is 1. The molecule has 1 aliphatic rings. The Hall–Kier alpha value is -1.42. The van der Waals surface area contributed by atoms with Crippen LogP contribution in [0.25, 0.3) is 0 Å². The Bertz CT molecular complexity index is 390. The average molecular weight is 262 g/mol. The molecular weight excluding hydrogens is 240 g/mol. The van der Waals surface area contributed by atoms with Gasteiger partial charge in [0.1, 0.15) is 0 Å². The van der Waals surface area contributed by atoms with E-state index in [1.807, 2.05) is 6.07 Å². The number of amides is 1. The van der Waals surface area contributed by atoms with Gasteiger partial charge >= 0.3 is 0 Å². The molecule has 0 aromatic carbocycles. The van der Waals surface area contributed by atoms with Crippen LogP contribution >= 0.6 is 0 Å². The first-order valence-corrected chi connectivity index (χ1v) is 7.10. The van der Waals surface area contributed by atoms with Crippen LogP contribution in [-0.4, -0.2) is 16.5 Å². The predicted octanol–water partition coefficient (Wildman–Crippen LogP) is 2.33. The molecule has 1 aromatic rings. The van der Waals surface area contributed by atoms with E-state index in [4.69, 9.17) is 0 Å². The van der Waals surface area contributed by atoms with Crippen molar-refractivity contribution in [2.75, 3.05) is 0 Å². The van der Waals surface area contributed by atoms with Crippen molar-refractivity contribution in [3.8, 4) is 0 Å². The topological polar surface area (TPSA) is 62.2 Å². The first kappa shape index (κ1) is 14.0. The number of aromatic nitrogens is 1. The molecule has 0 bridgehead atoms. The van der Waals surface area contributed by atoms with Gasteiger partial charge in [0.15, 0.2) is 5.72 Å². The molecule has 4 nitrogen and oxygen atoms in total. The van der Waals surface area contributed by atoms with Crippen LogP contribution in [0.5, 0.6) is 0 Å². The summed E-state index contributed by atoms with van der Waals surface area (Å²) in [6.45, 7) is 0. The maximum atomic E-state index is 10.7. The Balaban J connectivity index is 2.00. The molecule has 1 amide bonds. The van der Waals surface area contributed by atoms with Crippen molar-refractivity contribution >= 4 is 6.41 Å². The summed E-state index contributed by atoms with van der Waals surface area (Å²) in [5.74, 6) is 0.664. The fourth-order valence-electron chi connectivity index (χ4n) is 2.87. The summed E-state index contributed by atoms with van der Waals surface area (Å²) in [5, 5.41) is 13.1. The van der Waals surface area contributed by atoms with Gasteiger partial charge in [-0.1, -0.05) is 38.2 Å². The Morgan fingerprint density at radius 3 is 2.79 bits per heavy atom. The van der Waals surface area contributed by atoms with Gasteiger partial charge in [0.25, 0.3) is 0 Å². The highest BCUT2D eigenvalue weighted by Gasteiger charge is 2.31. The van der Waals surface area contributed by atoms with Crippen LogP contribution in [0.15, 0.2) is 24.4 Å². The highest BCUT2D eigenvalue weighted by Crippen LogP contribution is 2.31. The molecule has 0 unspecified atom stereocenters. The van der Waals surface area contributed by atoms with Crippen LogP contribution in [0, 0.1) is 5.92 Å². The van der Waals surface area contributed by atoms with Crippen LogP contribution in [-0.2, 0) is 10.5 Å². The quantitative estimate of drug-likeness (QED) is 0.611. The van der Waals surface area contributed by atoms with E-state index in [-0.39, 0.29) is 0 Å². The Morgan fingerprint density at radius 1 is 1.37 bits per heavy atom. The minimum Gasteiger partial charge on any atom is -0.366 e. The number of hydrogen-bond donors (Lipinski definition) is 2. The minimum atomic E-state index is -1.33. The largest absolute Gasteiger partial charge is 0.366 e. The van der Waals surface area contributed by atoms with Gasteiger partial charge in [-0.3, -0.25) is 9.78 Å². The maximum Gasteiger partial charge on any atom is 0.209 e. The molecule has 4 heteroatoms. The van der Waals surface area contributed by atoms with Crippen molar-refractivity contribution in [2.45, 2.75) is 50.7 Å². The van der Waals surface area contributed by atoms with Gasteiger partial charge in [-0.15, -0.1) is 0 Å². The summed E-state index contributed by atoms with van der Waals surface area (Å²) in [4.78, 5) is 14.9. The van der Waals surface area contributed by atoms with E-state index in [1.54, 1.807) is 18.3 Å². The van der Waals surface area contributed by atoms with E-state index in [0.717, 1.165) is 6.42 Å². The molecule has 19 heavy (non-hydrogen) atoms. The van der Waals surface area contributed by atoms with E-state index < -0.39 is 5.72 Å². The van der Waals surface area contributed by atoms with Gasteiger partial charge in [0, 0.05) is 12.6 Å². The number of aliphatic hydroxyl groups is 1. The molecule has 1 aliphatic carbocycles. The molecule has 0 spiro atoms. The van der Waals surface area contributed by atoms with Gasteiger partial charge in [-0.25, -0.2) is 0 Å². The van der Waals surface area contributed by atoms with Crippen LogP contribution < -0.4 is 5.32 Å². The molecule has 1 atom stereocenters. The van der Waals surface area contributed by atoms with E-state index in [1.165, 1.54) is 32.1 Å². The maximum absolute atomic E-state index is 10.7. The summed E-state index contributed by atoms with van der Waals surface area (Å²) >= 11 is 0. The highest BCUT2D eigenvalue weighted by atomic mass is 16.3. The molecule has 2 rings (SSSR count). The number of rotatable bonds is 6. The predicted molar refractivity (Wildman–Crippen MR) is 73.1 cm³/mol. The van der Waals surface area contributed by atoms with Crippen LogP contribution in [0.3, 0.4) is 0 Å². The van der Waals surface area contributed by atoms with E-state index in [2.05, 4.69) is 10.3 Å². The second-order valence-electron chi connectivity index (χ2n) is 5.38. The first-order valence-electron chi connectivity index (χ1n) is 7.10. The Labute approximate surface area is 114 Å². The zero-order valence-corrected chi connectivity index (χ0v) is 11.2. The first-order chi connectivity index (χ1) is 9.24. The van der Waals surface area contributed by atoms with Gasteiger partial charge in [-0.2, -0.15) is 0 Å². The lowest BCUT2D eigenvalue weighted by atomic mass is 9.84. The molecule has 0 aliphatic heterocycles. The molecule has 1 aromatic heterocycles. The lowest BCUT2D eigenvalue weighted by molar-refractivity contribution is -0.118. The smallest absolute Gasteiger partial charge is 0.209 e. The van der Waals surface area contributed by atoms with Crippen molar-refractivity contribution in [1.82, 2.24) is 10.3 Å². The number of carbonyl (C=O) groups excluding carboxylic acids is 1. The monoisotopic (exact) mass is 262 g/mol. The molecule has 2 N–H and O–H groups in total. The molecule has 1 heterocycles. The number of nitrogens with zero attached hydrogens (tertiary/aromatic N) is 1. The van der Waals surface area contributed by atoms with Gasteiger partial charge in [0.05, 0.1) is 5.69 Å². The fraction of sp³-hybridized carbons (Fsp3) is 0.600. The second-order valence-corrected chi connectivity index (χ2v) is 5.38. The van der Waals surface area contributed by atoms with Gasteiger partial charge in [0.2, 0.25) is 6.41 Å². The molecule has 0 radical (unpaired) electrons. The molecule has 1 saturated carbocycles. The number of carbonyl (C=O) groups is 1. The average Bonchev–Trinajstić information content (AvgIpc) is 2.48. The standard InChI is InChI=1S/C15H22N2O2/c18-12-17-15(19,14-8-4-5-11-16-14)10-9-13-6-2-1-3-7-13/h4-5,8,11-13,19H,1-3,6-7,9-10H2,(H,17,18)/t15-/m0/s1. The third kappa shape index (κ3) is 3.77. The molecule has 1 fully saturated rings. The number of nitrogens with one attached hydrogen (secondary N) is 1. The normalized spacial score (nSPS) is 19.6. The van der Waals surface area contributed by atoms with Gasteiger partial charge < -0.3 is 10.4 Å². The fourth-order valence-corrected chi connectivity index (χ4v) is 2.87. The van der Waals surface area contributed by atoms with Gasteiger partial charge in [-0.05, 0) is 24.5 Å². The third-order valence-corrected chi connectivity index (χ3v) is 4.03. The lowest BCUT2D eigenvalue weighted by Gasteiger charge is -2.30. The van der Waals surface area contributed by atoms with Crippen molar-refractivity contribution in [3.05, 3.63) is 30.1 Å². The van der Waals surface area contributed by atoms with E-state index in [9.17, 15) is 9.90 Å². The Morgan fingerprint density at radius 2 is 2.16 bits per heavy atom. The molecule has 104 valence electrons. The van der Waals surface area contributed by atoms with E-state index in [0.29, 0.717) is 24.4 Å². The zero-order valence-electron chi connectivity index (χ0n) is 11.2. The molecule has 0 saturated heterocycles. The summed E-state index contributed by atoms with van der Waals surface area (Å²) in [5.41, 5.74) is -0.821. The van der Waals surface area contributed by atoms with Crippen LogP contribution in [0.2, 0.25) is 0 Å². The summed E-state index contributed by atoms with van der Waals surface area (Å²) in [7, 11) is 0.